The van der Waals surface area contributed by atoms with Crippen LogP contribution in [0.4, 0.5) is 0 Å². The summed E-state index contributed by atoms with van der Waals surface area (Å²) in [5, 5.41) is 9.72. The van der Waals surface area contributed by atoms with E-state index in [9.17, 15) is 9.90 Å². The summed E-state index contributed by atoms with van der Waals surface area (Å²) in [7, 11) is 2.06. The highest BCUT2D eigenvalue weighted by Crippen LogP contribution is 2.19. The molecule has 0 saturated carbocycles. The van der Waals surface area contributed by atoms with Gasteiger partial charge in [-0.05, 0) is 31.2 Å². The van der Waals surface area contributed by atoms with Crippen LogP contribution >= 0.6 is 0 Å². The lowest BCUT2D eigenvalue weighted by Gasteiger charge is -2.32. The molecule has 1 aromatic carbocycles. The smallest absolute Gasteiger partial charge is 0.260 e. The number of rotatable bonds is 5. The van der Waals surface area contributed by atoms with Gasteiger partial charge in [-0.25, -0.2) is 0 Å². The van der Waals surface area contributed by atoms with Gasteiger partial charge in [0.05, 0.1) is 6.10 Å². The molecule has 0 radical (unpaired) electrons. The Morgan fingerprint density at radius 2 is 1.86 bits per heavy atom. The summed E-state index contributed by atoms with van der Waals surface area (Å²) in [5.74, 6) is 0.685. The number of benzene rings is 1. The van der Waals surface area contributed by atoms with Gasteiger partial charge in [-0.1, -0.05) is 19.1 Å². The van der Waals surface area contributed by atoms with Crippen molar-refractivity contribution in [2.24, 2.45) is 0 Å². The number of likely N-dealkylation sites (N-methyl/N-ethyl adjacent to an activating group) is 1. The van der Waals surface area contributed by atoms with Crippen LogP contribution < -0.4 is 4.74 Å². The molecule has 1 atom stereocenters. The van der Waals surface area contributed by atoms with E-state index in [2.05, 4.69) is 11.9 Å². The minimum atomic E-state index is -0.439. The van der Waals surface area contributed by atoms with Gasteiger partial charge in [-0.15, -0.1) is 0 Å². The van der Waals surface area contributed by atoms with Crippen molar-refractivity contribution in [1.29, 1.82) is 0 Å². The zero-order valence-electron chi connectivity index (χ0n) is 12.8. The quantitative estimate of drug-likeness (QED) is 0.888. The molecule has 1 fully saturated rings. The van der Waals surface area contributed by atoms with Crippen molar-refractivity contribution < 1.29 is 14.6 Å². The molecule has 116 valence electrons. The second-order valence-electron chi connectivity index (χ2n) is 5.47. The molecule has 1 unspecified atom stereocenters. The van der Waals surface area contributed by atoms with E-state index in [0.29, 0.717) is 12.2 Å². The summed E-state index contributed by atoms with van der Waals surface area (Å²) < 4.78 is 5.53. The van der Waals surface area contributed by atoms with Crippen molar-refractivity contribution in [3.63, 3.8) is 0 Å². The van der Waals surface area contributed by atoms with Gasteiger partial charge in [0.15, 0.2) is 6.61 Å². The van der Waals surface area contributed by atoms with Crippen LogP contribution in [-0.2, 0) is 4.79 Å². The molecule has 5 heteroatoms. The highest BCUT2D eigenvalue weighted by Gasteiger charge is 2.19. The molecule has 1 amide bonds. The largest absolute Gasteiger partial charge is 0.484 e. The minimum Gasteiger partial charge on any atom is -0.484 e. The van der Waals surface area contributed by atoms with E-state index in [0.717, 1.165) is 31.7 Å². The maximum atomic E-state index is 12.0. The molecule has 0 aliphatic carbocycles. The number of hydrogen-bond acceptors (Lipinski definition) is 4. The number of nitrogens with zero attached hydrogens (tertiary/aromatic N) is 2. The van der Waals surface area contributed by atoms with Crippen LogP contribution in [0, 0.1) is 0 Å². The SMILES string of the molecule is CCC(O)c1ccc(OCC(=O)N2CCN(C)CC2)cc1. The van der Waals surface area contributed by atoms with E-state index in [-0.39, 0.29) is 12.5 Å². The van der Waals surface area contributed by atoms with E-state index in [1.807, 2.05) is 24.0 Å². The summed E-state index contributed by atoms with van der Waals surface area (Å²) in [4.78, 5) is 16.1. The monoisotopic (exact) mass is 292 g/mol. The second-order valence-corrected chi connectivity index (χ2v) is 5.47. The first-order valence-corrected chi connectivity index (χ1v) is 7.47. The van der Waals surface area contributed by atoms with Crippen LogP contribution in [0.25, 0.3) is 0 Å². The first-order valence-electron chi connectivity index (χ1n) is 7.47. The molecule has 1 N–H and O–H groups in total. The Hall–Kier alpha value is -1.59. The number of carbonyl (C=O) groups is 1. The Morgan fingerprint density at radius 3 is 2.43 bits per heavy atom. The molecule has 0 bridgehead atoms. The third kappa shape index (κ3) is 4.44. The summed E-state index contributed by atoms with van der Waals surface area (Å²) >= 11 is 0. The average molecular weight is 292 g/mol. The number of amides is 1. The number of hydrogen-bond donors (Lipinski definition) is 1. The van der Waals surface area contributed by atoms with Crippen molar-refractivity contribution in [2.75, 3.05) is 39.8 Å². The molecule has 5 nitrogen and oxygen atoms in total. The summed E-state index contributed by atoms with van der Waals surface area (Å²) in [5.41, 5.74) is 0.871. The Morgan fingerprint density at radius 1 is 1.24 bits per heavy atom. The summed E-state index contributed by atoms with van der Waals surface area (Å²) in [6.45, 7) is 5.36. The van der Waals surface area contributed by atoms with Gasteiger partial charge in [0.25, 0.3) is 5.91 Å². The first kappa shape index (κ1) is 15.8. The Kier molecular flexibility index (Phi) is 5.59. The lowest BCUT2D eigenvalue weighted by molar-refractivity contribution is -0.134. The molecule has 2 rings (SSSR count). The highest BCUT2D eigenvalue weighted by molar-refractivity contribution is 5.77. The fraction of sp³-hybridized carbons (Fsp3) is 0.562. The fourth-order valence-electron chi connectivity index (χ4n) is 2.31. The zero-order chi connectivity index (χ0) is 15.2. The zero-order valence-corrected chi connectivity index (χ0v) is 12.8. The molecule has 1 saturated heterocycles. The van der Waals surface area contributed by atoms with Gasteiger partial charge in [-0.3, -0.25) is 4.79 Å². The summed E-state index contributed by atoms with van der Waals surface area (Å²) in [6.07, 6.45) is 0.244. The highest BCUT2D eigenvalue weighted by atomic mass is 16.5. The normalized spacial score (nSPS) is 17.6. The molecule has 21 heavy (non-hydrogen) atoms. The Bertz CT molecular complexity index is 453. The van der Waals surface area contributed by atoms with Gasteiger partial charge >= 0.3 is 0 Å². The van der Waals surface area contributed by atoms with Gasteiger partial charge in [0.2, 0.25) is 0 Å². The topological polar surface area (TPSA) is 53.0 Å². The predicted octanol–water partition coefficient (Wildman–Crippen LogP) is 1.28. The molecular formula is C16H24N2O3. The molecule has 1 aliphatic heterocycles. The number of ether oxygens (including phenoxy) is 1. The van der Waals surface area contributed by atoms with E-state index >= 15 is 0 Å². The maximum Gasteiger partial charge on any atom is 0.260 e. The van der Waals surface area contributed by atoms with Crippen LogP contribution in [0.1, 0.15) is 25.0 Å². The number of aliphatic hydroxyl groups excluding tert-OH is 1. The average Bonchev–Trinajstić information content (AvgIpc) is 2.53. The minimum absolute atomic E-state index is 0.0285. The number of piperazine rings is 1. The molecule has 1 aromatic rings. The van der Waals surface area contributed by atoms with Crippen LogP contribution in [0.3, 0.4) is 0 Å². The number of aliphatic hydroxyl groups is 1. The van der Waals surface area contributed by atoms with E-state index in [4.69, 9.17) is 4.74 Å². The van der Waals surface area contributed by atoms with Crippen LogP contribution in [-0.4, -0.2) is 60.6 Å². The standard InChI is InChI=1S/C16H24N2O3/c1-3-15(19)13-4-6-14(7-5-13)21-12-16(20)18-10-8-17(2)9-11-18/h4-7,15,19H,3,8-12H2,1-2H3. The van der Waals surface area contributed by atoms with Crippen molar-refractivity contribution >= 4 is 5.91 Å². The van der Waals surface area contributed by atoms with E-state index in [1.165, 1.54) is 0 Å². The van der Waals surface area contributed by atoms with Crippen molar-refractivity contribution in [3.05, 3.63) is 29.8 Å². The third-order valence-corrected chi connectivity index (χ3v) is 3.87. The van der Waals surface area contributed by atoms with Crippen LogP contribution in [0.15, 0.2) is 24.3 Å². The van der Waals surface area contributed by atoms with Crippen LogP contribution in [0.2, 0.25) is 0 Å². The second kappa shape index (κ2) is 7.43. The fourth-order valence-corrected chi connectivity index (χ4v) is 2.31. The van der Waals surface area contributed by atoms with E-state index in [1.54, 1.807) is 12.1 Å². The molecular weight excluding hydrogens is 268 g/mol. The van der Waals surface area contributed by atoms with Crippen molar-refractivity contribution in [1.82, 2.24) is 9.80 Å². The van der Waals surface area contributed by atoms with Gasteiger partial charge in [0.1, 0.15) is 5.75 Å². The first-order chi connectivity index (χ1) is 10.1. The third-order valence-electron chi connectivity index (χ3n) is 3.87. The van der Waals surface area contributed by atoms with Gasteiger partial charge in [-0.2, -0.15) is 0 Å². The molecule has 1 heterocycles. The molecule has 0 aromatic heterocycles. The van der Waals surface area contributed by atoms with Gasteiger partial charge < -0.3 is 19.6 Å². The maximum absolute atomic E-state index is 12.0. The van der Waals surface area contributed by atoms with Crippen molar-refractivity contribution in [2.45, 2.75) is 19.4 Å². The molecule has 0 spiro atoms. The van der Waals surface area contributed by atoms with E-state index < -0.39 is 6.10 Å². The molecule has 1 aliphatic rings. The Balaban J connectivity index is 1.81. The van der Waals surface area contributed by atoms with Gasteiger partial charge in [0, 0.05) is 26.2 Å². The number of carbonyl (C=O) groups excluding carboxylic acids is 1. The lowest BCUT2D eigenvalue weighted by atomic mass is 10.1. The lowest BCUT2D eigenvalue weighted by Crippen LogP contribution is -2.48. The van der Waals surface area contributed by atoms with Crippen LogP contribution in [0.5, 0.6) is 5.75 Å². The summed E-state index contributed by atoms with van der Waals surface area (Å²) in [6, 6.07) is 7.27. The van der Waals surface area contributed by atoms with Crippen molar-refractivity contribution in [3.8, 4) is 5.75 Å². The predicted molar refractivity (Wildman–Crippen MR) is 81.3 cm³/mol. The Labute approximate surface area is 126 Å².